The minimum absolute atomic E-state index is 0.228. The molecule has 0 amide bonds. The van der Waals surface area contributed by atoms with Crippen LogP contribution in [0.3, 0.4) is 0 Å². The molecule has 7 nitrogen and oxygen atoms in total. The number of likely N-dealkylation sites (N-methyl/N-ethyl adjacent to an activating group) is 1. The van der Waals surface area contributed by atoms with Crippen LogP contribution >= 0.6 is 0 Å². The third kappa shape index (κ3) is 12.0. The fourth-order valence-electron chi connectivity index (χ4n) is 4.62. The monoisotopic (exact) mass is 409 g/mol. The molecule has 2 atom stereocenters. The predicted molar refractivity (Wildman–Crippen MR) is 113 cm³/mol. The molecule has 2 fully saturated rings. The Hall–Kier alpha value is -1.36. The number of hydrogen-bond donors (Lipinski definition) is 2. The van der Waals surface area contributed by atoms with E-state index in [1.807, 2.05) is 11.9 Å². The first-order valence-corrected chi connectivity index (χ1v) is 11.0. The van der Waals surface area contributed by atoms with Crippen molar-refractivity contribution in [2.24, 2.45) is 21.8 Å². The third-order valence-corrected chi connectivity index (χ3v) is 5.92. The Morgan fingerprint density at radius 3 is 1.41 bits per heavy atom. The number of hydrogen-bond acceptors (Lipinski definition) is 7. The fraction of sp³-hybridized carbons (Fsp3) is 0.909. The lowest BCUT2D eigenvalue weighted by Gasteiger charge is -2.31. The summed E-state index contributed by atoms with van der Waals surface area (Å²) in [6.07, 6.45) is 13.0. The van der Waals surface area contributed by atoms with E-state index in [1.165, 1.54) is 32.1 Å². The highest BCUT2D eigenvalue weighted by atomic mass is 16.3. The maximum atomic E-state index is 10.2. The third-order valence-electron chi connectivity index (χ3n) is 5.92. The van der Waals surface area contributed by atoms with Gasteiger partial charge in [0.15, 0.2) is 0 Å². The Balaban J connectivity index is 0.000000359. The first kappa shape index (κ1) is 25.7. The van der Waals surface area contributed by atoms with Crippen molar-refractivity contribution in [2.45, 2.75) is 95.9 Å². The van der Waals surface area contributed by atoms with Crippen LogP contribution in [0.1, 0.15) is 71.6 Å². The van der Waals surface area contributed by atoms with Gasteiger partial charge in [0.1, 0.15) is 0 Å². The molecule has 0 aromatic heterocycles. The zero-order valence-corrected chi connectivity index (χ0v) is 18.3. The van der Waals surface area contributed by atoms with Crippen molar-refractivity contribution in [1.29, 1.82) is 0 Å². The van der Waals surface area contributed by atoms with Crippen LogP contribution in [0, 0.1) is 11.8 Å². The van der Waals surface area contributed by atoms with E-state index in [4.69, 9.17) is 10.2 Å². The average molecular weight is 410 g/mol. The minimum atomic E-state index is -0.316. The van der Waals surface area contributed by atoms with Crippen LogP contribution in [-0.4, -0.2) is 71.7 Å². The summed E-state index contributed by atoms with van der Waals surface area (Å²) in [5.41, 5.74) is 0. The second-order valence-corrected chi connectivity index (χ2v) is 8.94. The molecule has 0 aliphatic heterocycles. The lowest BCUT2D eigenvalue weighted by atomic mass is 9.76. The number of carbonyl (C=O) groups excluding carboxylic acids is 2. The van der Waals surface area contributed by atoms with E-state index in [1.54, 1.807) is 26.0 Å². The van der Waals surface area contributed by atoms with E-state index >= 15 is 0 Å². The summed E-state index contributed by atoms with van der Waals surface area (Å²) in [7, 11) is 1.87. The molecule has 0 radical (unpaired) electrons. The summed E-state index contributed by atoms with van der Waals surface area (Å²) in [4.78, 5) is 30.0. The van der Waals surface area contributed by atoms with Gasteiger partial charge in [-0.05, 0) is 90.5 Å². The Bertz CT molecular complexity index is 480. The lowest BCUT2D eigenvalue weighted by Crippen LogP contribution is -2.32. The van der Waals surface area contributed by atoms with Gasteiger partial charge < -0.3 is 15.1 Å². The van der Waals surface area contributed by atoms with Crippen LogP contribution in [0.5, 0.6) is 0 Å². The quantitative estimate of drug-likeness (QED) is 0.474. The summed E-state index contributed by atoms with van der Waals surface area (Å²) in [5, 5.41) is 17.8. The molecule has 7 heteroatoms. The second kappa shape index (κ2) is 14.6. The molecule has 2 N–H and O–H groups in total. The molecule has 2 aliphatic carbocycles. The van der Waals surface area contributed by atoms with E-state index in [2.05, 4.69) is 9.98 Å². The van der Waals surface area contributed by atoms with Crippen molar-refractivity contribution in [3.8, 4) is 0 Å². The van der Waals surface area contributed by atoms with Gasteiger partial charge in [0, 0.05) is 13.1 Å². The molecule has 2 saturated carbocycles. The number of nitrogens with zero attached hydrogens (tertiary/aromatic N) is 3. The SMILES string of the molecule is CC(O)CN(C)CC(C)O.O=C=NC1CCC(CC2CCC(N=C=O)CC2)CC1. The molecule has 2 rings (SSSR count). The minimum Gasteiger partial charge on any atom is -0.392 e. The van der Waals surface area contributed by atoms with Crippen LogP contribution in [0.15, 0.2) is 9.98 Å². The maximum absolute atomic E-state index is 10.2. The summed E-state index contributed by atoms with van der Waals surface area (Å²) >= 11 is 0. The summed E-state index contributed by atoms with van der Waals surface area (Å²) in [6.45, 7) is 4.70. The molecule has 0 saturated heterocycles. The zero-order chi connectivity index (χ0) is 21.6. The van der Waals surface area contributed by atoms with E-state index in [0.29, 0.717) is 13.1 Å². The Morgan fingerprint density at radius 1 is 0.793 bits per heavy atom. The highest BCUT2D eigenvalue weighted by Gasteiger charge is 2.26. The van der Waals surface area contributed by atoms with Crippen molar-refractivity contribution >= 4 is 12.2 Å². The van der Waals surface area contributed by atoms with Crippen molar-refractivity contribution in [3.63, 3.8) is 0 Å². The molecule has 29 heavy (non-hydrogen) atoms. The molecule has 0 aromatic rings. The number of aliphatic hydroxyl groups is 2. The van der Waals surface area contributed by atoms with E-state index < -0.39 is 0 Å². The molecule has 166 valence electrons. The second-order valence-electron chi connectivity index (χ2n) is 8.94. The maximum Gasteiger partial charge on any atom is 0.235 e. The smallest absolute Gasteiger partial charge is 0.235 e. The van der Waals surface area contributed by atoms with Crippen molar-refractivity contribution in [3.05, 3.63) is 0 Å². The van der Waals surface area contributed by atoms with Gasteiger partial charge in [-0.25, -0.2) is 19.6 Å². The highest BCUT2D eigenvalue weighted by molar-refractivity contribution is 5.33. The largest absolute Gasteiger partial charge is 0.392 e. The predicted octanol–water partition coefficient (Wildman–Crippen LogP) is 2.85. The van der Waals surface area contributed by atoms with Crippen molar-refractivity contribution in [1.82, 2.24) is 4.90 Å². The lowest BCUT2D eigenvalue weighted by molar-refractivity contribution is 0.0990. The number of aliphatic hydroxyl groups excluding tert-OH is 2. The first-order chi connectivity index (χ1) is 13.8. The molecular weight excluding hydrogens is 370 g/mol. The Morgan fingerprint density at radius 2 is 1.14 bits per heavy atom. The van der Waals surface area contributed by atoms with Gasteiger partial charge in [-0.15, -0.1) is 0 Å². The van der Waals surface area contributed by atoms with E-state index in [-0.39, 0.29) is 24.3 Å². The van der Waals surface area contributed by atoms with Gasteiger partial charge in [-0.3, -0.25) is 0 Å². The van der Waals surface area contributed by atoms with Crippen molar-refractivity contribution in [2.75, 3.05) is 20.1 Å². The van der Waals surface area contributed by atoms with Crippen LogP contribution in [0.4, 0.5) is 0 Å². The molecule has 0 aromatic carbocycles. The van der Waals surface area contributed by atoms with Crippen LogP contribution in [-0.2, 0) is 9.59 Å². The zero-order valence-electron chi connectivity index (χ0n) is 18.3. The molecule has 0 heterocycles. The van der Waals surface area contributed by atoms with Gasteiger partial charge in [0.05, 0.1) is 24.3 Å². The molecule has 0 spiro atoms. The van der Waals surface area contributed by atoms with Crippen LogP contribution < -0.4 is 0 Å². The normalized spacial score (nSPS) is 28.9. The van der Waals surface area contributed by atoms with Gasteiger partial charge in [-0.1, -0.05) is 0 Å². The van der Waals surface area contributed by atoms with Gasteiger partial charge >= 0.3 is 0 Å². The van der Waals surface area contributed by atoms with E-state index in [9.17, 15) is 9.59 Å². The Labute approximate surface area is 175 Å². The van der Waals surface area contributed by atoms with Gasteiger partial charge in [0.25, 0.3) is 0 Å². The number of rotatable bonds is 8. The number of isocyanates is 2. The van der Waals surface area contributed by atoms with Crippen molar-refractivity contribution < 1.29 is 19.8 Å². The fourth-order valence-corrected chi connectivity index (χ4v) is 4.62. The molecule has 2 unspecified atom stereocenters. The van der Waals surface area contributed by atoms with Crippen LogP contribution in [0.25, 0.3) is 0 Å². The Kier molecular flexibility index (Phi) is 12.9. The first-order valence-electron chi connectivity index (χ1n) is 11.0. The average Bonchev–Trinajstić information content (AvgIpc) is 2.64. The topological polar surface area (TPSA) is 103 Å². The van der Waals surface area contributed by atoms with Gasteiger partial charge in [-0.2, -0.15) is 0 Å². The van der Waals surface area contributed by atoms with E-state index in [0.717, 1.165) is 37.5 Å². The summed E-state index contributed by atoms with van der Waals surface area (Å²) in [6, 6.07) is 0.456. The van der Waals surface area contributed by atoms with Crippen LogP contribution in [0.2, 0.25) is 0 Å². The molecule has 0 bridgehead atoms. The highest BCUT2D eigenvalue weighted by Crippen LogP contribution is 2.36. The standard InChI is InChI=1S/C15H22N2O2.C7H17NO2/c18-10-16-14-5-1-12(2-6-14)9-13-3-7-15(8-4-13)17-11-19;1-6(9)4-8(3)5-7(2)10/h12-15H,1-9H2;6-7,9-10H,4-5H2,1-3H3. The molecule has 2 aliphatic rings. The molecular formula is C22H39N3O4. The number of aliphatic imine (C=N–C) groups is 2. The summed E-state index contributed by atoms with van der Waals surface area (Å²) < 4.78 is 0. The van der Waals surface area contributed by atoms with Gasteiger partial charge in [0.2, 0.25) is 12.2 Å². The summed E-state index contributed by atoms with van der Waals surface area (Å²) in [5.74, 6) is 1.60.